The van der Waals surface area contributed by atoms with Crippen LogP contribution in [0.1, 0.15) is 13.8 Å². The Morgan fingerprint density at radius 2 is 2.22 bits per heavy atom. The van der Waals surface area contributed by atoms with Crippen molar-refractivity contribution in [3.8, 4) is 0 Å². The van der Waals surface area contributed by atoms with Crippen molar-refractivity contribution in [2.24, 2.45) is 5.73 Å². The van der Waals surface area contributed by atoms with Gasteiger partial charge >= 0.3 is 0 Å². The topological polar surface area (TPSA) is 69.2 Å². The molecule has 1 atom stereocenters. The molecule has 0 rings (SSSR count). The van der Waals surface area contributed by atoms with E-state index in [1.165, 1.54) is 13.8 Å². The summed E-state index contributed by atoms with van der Waals surface area (Å²) >= 11 is 0. The Hall–Kier alpha value is -0.900. The van der Waals surface area contributed by atoms with Crippen molar-refractivity contribution >= 4 is 0 Å². The van der Waals surface area contributed by atoms with E-state index in [9.17, 15) is 10.1 Å². The van der Waals surface area contributed by atoms with Crippen molar-refractivity contribution in [3.63, 3.8) is 0 Å². The molecule has 4 nitrogen and oxygen atoms in total. The summed E-state index contributed by atoms with van der Waals surface area (Å²) in [4.78, 5) is 9.52. The van der Waals surface area contributed by atoms with E-state index >= 15 is 0 Å². The number of rotatable bonds is 2. The number of nitrogens with two attached hydrogens (primary N) is 1. The van der Waals surface area contributed by atoms with Crippen LogP contribution >= 0.6 is 0 Å². The van der Waals surface area contributed by atoms with Crippen LogP contribution in [0.2, 0.25) is 0 Å². The third-order valence-corrected chi connectivity index (χ3v) is 1.24. The molecule has 0 amide bonds. The van der Waals surface area contributed by atoms with Crippen LogP contribution in [0, 0.1) is 10.1 Å². The van der Waals surface area contributed by atoms with E-state index in [0.29, 0.717) is 5.57 Å². The summed E-state index contributed by atoms with van der Waals surface area (Å²) in [7, 11) is 0. The summed E-state index contributed by atoms with van der Waals surface area (Å²) in [5.74, 6) is 0. The lowest BCUT2D eigenvalue weighted by atomic mass is 10.1. The number of hydrogen-bond donors (Lipinski definition) is 1. The minimum absolute atomic E-state index is 0.354. The highest BCUT2D eigenvalue weighted by molar-refractivity contribution is 5.03. The van der Waals surface area contributed by atoms with Gasteiger partial charge in [0.05, 0.1) is 0 Å². The first-order valence-electron chi connectivity index (χ1n) is 2.48. The first kappa shape index (κ1) is 8.10. The maximum atomic E-state index is 10.1. The van der Waals surface area contributed by atoms with E-state index < -0.39 is 10.6 Å². The largest absolute Gasteiger partial charge is 0.291 e. The molecule has 2 N–H and O–H groups in total. The molecule has 0 fully saturated rings. The zero-order valence-corrected chi connectivity index (χ0v) is 5.55. The van der Waals surface area contributed by atoms with Crippen LogP contribution in [0.15, 0.2) is 12.2 Å². The molecule has 0 aromatic heterocycles. The summed E-state index contributed by atoms with van der Waals surface area (Å²) in [5.41, 5.74) is 4.09. The molecule has 1 unspecified atom stereocenters. The average Bonchev–Trinajstić information content (AvgIpc) is 1.65. The van der Waals surface area contributed by atoms with Crippen LogP contribution in [-0.4, -0.2) is 10.6 Å². The lowest BCUT2D eigenvalue weighted by molar-refractivity contribution is -0.552. The molecule has 0 aliphatic carbocycles. The molecule has 0 heterocycles. The second-order valence-corrected chi connectivity index (χ2v) is 2.18. The third-order valence-electron chi connectivity index (χ3n) is 1.24. The van der Waals surface area contributed by atoms with Crippen molar-refractivity contribution in [3.05, 3.63) is 22.3 Å². The predicted molar refractivity (Wildman–Crippen MR) is 34.4 cm³/mol. The number of nitrogens with zero attached hydrogens (tertiary/aromatic N) is 1. The van der Waals surface area contributed by atoms with Crippen molar-refractivity contribution in [2.75, 3.05) is 0 Å². The van der Waals surface area contributed by atoms with Gasteiger partial charge in [-0.15, -0.1) is 0 Å². The summed E-state index contributed by atoms with van der Waals surface area (Å²) in [6, 6.07) is 0. The standard InChI is InChI=1S/C5H10N2O2/c1-4(2)5(3,6)7(8)9/h1,6H2,2-3H3. The highest BCUT2D eigenvalue weighted by atomic mass is 16.6. The molecule has 0 saturated heterocycles. The van der Waals surface area contributed by atoms with E-state index in [0.717, 1.165) is 0 Å². The highest BCUT2D eigenvalue weighted by Crippen LogP contribution is 2.09. The van der Waals surface area contributed by atoms with Gasteiger partial charge in [0, 0.05) is 17.4 Å². The summed E-state index contributed by atoms with van der Waals surface area (Å²) in [5, 5.41) is 10.1. The van der Waals surface area contributed by atoms with Gasteiger partial charge < -0.3 is 0 Å². The smallest absolute Gasteiger partial charge is 0.262 e. The van der Waals surface area contributed by atoms with Crippen LogP contribution < -0.4 is 5.73 Å². The Morgan fingerprint density at radius 3 is 2.22 bits per heavy atom. The van der Waals surface area contributed by atoms with Gasteiger partial charge in [-0.2, -0.15) is 0 Å². The Morgan fingerprint density at radius 1 is 1.89 bits per heavy atom. The maximum Gasteiger partial charge on any atom is 0.291 e. The molecule has 0 aromatic carbocycles. The van der Waals surface area contributed by atoms with Crippen LogP contribution in [0.25, 0.3) is 0 Å². The average molecular weight is 130 g/mol. The predicted octanol–water partition coefficient (Wildman–Crippen LogP) is 0.514. The fraction of sp³-hybridized carbons (Fsp3) is 0.600. The van der Waals surface area contributed by atoms with E-state index in [2.05, 4.69) is 6.58 Å². The second-order valence-electron chi connectivity index (χ2n) is 2.18. The monoisotopic (exact) mass is 130 g/mol. The lowest BCUT2D eigenvalue weighted by Gasteiger charge is -2.13. The first-order valence-corrected chi connectivity index (χ1v) is 2.48. The van der Waals surface area contributed by atoms with Gasteiger partial charge in [-0.05, 0) is 6.92 Å². The van der Waals surface area contributed by atoms with Gasteiger partial charge in [0.15, 0.2) is 0 Å². The normalized spacial score (nSPS) is 16.3. The van der Waals surface area contributed by atoms with E-state index in [1.807, 2.05) is 0 Å². The molecule has 9 heavy (non-hydrogen) atoms. The van der Waals surface area contributed by atoms with Crippen molar-refractivity contribution in [1.82, 2.24) is 0 Å². The minimum atomic E-state index is -1.47. The lowest BCUT2D eigenvalue weighted by Crippen LogP contribution is -2.45. The molecular formula is C5H10N2O2. The van der Waals surface area contributed by atoms with E-state index in [1.54, 1.807) is 0 Å². The molecule has 0 spiro atoms. The molecule has 52 valence electrons. The van der Waals surface area contributed by atoms with Gasteiger partial charge in [-0.1, -0.05) is 6.58 Å². The molecule has 0 aromatic rings. The minimum Gasteiger partial charge on any atom is -0.262 e. The van der Waals surface area contributed by atoms with Gasteiger partial charge in [0.25, 0.3) is 5.66 Å². The van der Waals surface area contributed by atoms with Gasteiger partial charge in [-0.25, -0.2) is 0 Å². The third kappa shape index (κ3) is 1.50. The maximum absolute atomic E-state index is 10.1. The number of nitro groups is 1. The summed E-state index contributed by atoms with van der Waals surface area (Å²) in [6.07, 6.45) is 0. The summed E-state index contributed by atoms with van der Waals surface area (Å²) in [6.45, 7) is 6.23. The molecular weight excluding hydrogens is 120 g/mol. The van der Waals surface area contributed by atoms with Gasteiger partial charge in [0.2, 0.25) is 0 Å². The first-order chi connectivity index (χ1) is 3.89. The van der Waals surface area contributed by atoms with Crippen LogP contribution in [0.3, 0.4) is 0 Å². The number of hydrogen-bond acceptors (Lipinski definition) is 3. The fourth-order valence-electron chi connectivity index (χ4n) is 0.156. The molecule has 0 aliphatic heterocycles. The molecule has 0 saturated carbocycles. The van der Waals surface area contributed by atoms with E-state index in [4.69, 9.17) is 5.73 Å². The van der Waals surface area contributed by atoms with E-state index in [-0.39, 0.29) is 0 Å². The highest BCUT2D eigenvalue weighted by Gasteiger charge is 2.31. The zero-order valence-electron chi connectivity index (χ0n) is 5.55. The molecule has 0 radical (unpaired) electrons. The second kappa shape index (κ2) is 2.14. The van der Waals surface area contributed by atoms with Crippen LogP contribution in [-0.2, 0) is 0 Å². The zero-order chi connectivity index (χ0) is 7.65. The molecule has 0 bridgehead atoms. The van der Waals surface area contributed by atoms with Crippen molar-refractivity contribution in [2.45, 2.75) is 19.5 Å². The fourth-order valence-corrected chi connectivity index (χ4v) is 0.156. The quantitative estimate of drug-likeness (QED) is 0.256. The Balaban J connectivity index is 4.38. The molecule has 4 heteroatoms. The van der Waals surface area contributed by atoms with Crippen LogP contribution in [0.5, 0.6) is 0 Å². The SMILES string of the molecule is C=C(C)C(C)(N)[N+](=O)[O-]. The summed E-state index contributed by atoms with van der Waals surface area (Å²) < 4.78 is 0. The molecule has 0 aliphatic rings. The Kier molecular flexibility index (Phi) is 1.93. The Bertz CT molecular complexity index is 135. The van der Waals surface area contributed by atoms with Gasteiger partial charge in [-0.3, -0.25) is 15.8 Å². The van der Waals surface area contributed by atoms with Crippen molar-refractivity contribution < 1.29 is 4.92 Å². The van der Waals surface area contributed by atoms with Gasteiger partial charge in [0.1, 0.15) is 0 Å². The van der Waals surface area contributed by atoms with Crippen molar-refractivity contribution in [1.29, 1.82) is 0 Å². The van der Waals surface area contributed by atoms with Crippen LogP contribution in [0.4, 0.5) is 0 Å². The Labute approximate surface area is 53.5 Å².